The largest absolute Gasteiger partial charge is 0.394 e. The van der Waals surface area contributed by atoms with Crippen LogP contribution >= 0.6 is 0 Å². The van der Waals surface area contributed by atoms with Gasteiger partial charge in [0.15, 0.2) is 12.6 Å². The van der Waals surface area contributed by atoms with Crippen LogP contribution in [0.2, 0.25) is 0 Å². The number of hydrogen-bond acceptors (Lipinski definition) is 10. The molecule has 2 aliphatic heterocycles. The van der Waals surface area contributed by atoms with E-state index in [1.807, 2.05) is 0 Å². The van der Waals surface area contributed by atoms with Crippen LogP contribution in [0.4, 0.5) is 0 Å². The van der Waals surface area contributed by atoms with Gasteiger partial charge in [0.1, 0.15) is 30.5 Å². The highest BCUT2D eigenvalue weighted by atomic mass is 16.7. The Morgan fingerprint density at radius 3 is 2.23 bits per heavy atom. The summed E-state index contributed by atoms with van der Waals surface area (Å²) in [5.41, 5.74) is 5.20. The Balaban J connectivity index is 2.18. The second kappa shape index (κ2) is 8.87. The fraction of sp³-hybridized carbons (Fsp3) is 0.933. The van der Waals surface area contributed by atoms with Crippen molar-refractivity contribution in [3.05, 3.63) is 0 Å². The van der Waals surface area contributed by atoms with Crippen molar-refractivity contribution in [3.8, 4) is 0 Å². The van der Waals surface area contributed by atoms with Gasteiger partial charge in [0, 0.05) is 19.4 Å². The summed E-state index contributed by atoms with van der Waals surface area (Å²) in [6.07, 6.45) is -11.5. The van der Waals surface area contributed by atoms with E-state index in [1.165, 1.54) is 14.0 Å². The van der Waals surface area contributed by atoms with Crippen LogP contribution in [0.1, 0.15) is 13.3 Å². The molecule has 0 bridgehead atoms. The molecule has 0 aliphatic carbocycles. The summed E-state index contributed by atoms with van der Waals surface area (Å²) >= 11 is 0. The Kier molecular flexibility index (Phi) is 7.30. The monoisotopic (exact) mass is 381 g/mol. The number of rotatable bonds is 6. The van der Waals surface area contributed by atoms with Crippen molar-refractivity contribution in [1.82, 2.24) is 0 Å². The first kappa shape index (κ1) is 21.4. The van der Waals surface area contributed by atoms with E-state index in [1.54, 1.807) is 0 Å². The molecule has 0 aromatic carbocycles. The fourth-order valence-corrected chi connectivity index (χ4v) is 3.25. The molecule has 11 nitrogen and oxygen atoms in total. The van der Waals surface area contributed by atoms with Crippen molar-refractivity contribution in [1.29, 1.82) is 0 Å². The molecule has 2 aliphatic rings. The van der Waals surface area contributed by atoms with Crippen LogP contribution in [-0.4, -0.2) is 100 Å². The van der Waals surface area contributed by atoms with Crippen molar-refractivity contribution in [2.75, 3.05) is 13.7 Å². The Morgan fingerprint density at radius 2 is 1.69 bits per heavy atom. The molecule has 2 saturated heterocycles. The van der Waals surface area contributed by atoms with E-state index in [4.69, 9.17) is 24.7 Å². The lowest BCUT2D eigenvalue weighted by Gasteiger charge is -2.46. The molecule has 7 N–H and O–H groups in total. The molecule has 0 radical (unpaired) electrons. The number of primary amides is 1. The summed E-state index contributed by atoms with van der Waals surface area (Å²) in [7, 11) is 1.31. The Labute approximate surface area is 150 Å². The van der Waals surface area contributed by atoms with Gasteiger partial charge in [-0.2, -0.15) is 0 Å². The SMILES string of the molecule is CO[C@H]1O[C@H](CO)[C@@H](O[C@@H]2O[C@H](C)[C@H](O)[C@H](O)[C@H]2O)[C@H](O)[C@@H]1CC(N)=O. The first-order valence-electron chi connectivity index (χ1n) is 8.31. The first-order chi connectivity index (χ1) is 12.2. The van der Waals surface area contributed by atoms with Crippen LogP contribution in [0.15, 0.2) is 0 Å². The zero-order valence-electron chi connectivity index (χ0n) is 14.5. The quantitative estimate of drug-likeness (QED) is 0.269. The Morgan fingerprint density at radius 1 is 1.04 bits per heavy atom. The van der Waals surface area contributed by atoms with E-state index in [0.717, 1.165) is 0 Å². The van der Waals surface area contributed by atoms with Crippen LogP contribution < -0.4 is 5.73 Å². The number of nitrogens with two attached hydrogens (primary N) is 1. The molecule has 0 spiro atoms. The molecule has 0 aromatic rings. The average Bonchev–Trinajstić information content (AvgIpc) is 2.60. The molecule has 2 heterocycles. The fourth-order valence-electron chi connectivity index (χ4n) is 3.25. The molecule has 1 amide bonds. The van der Waals surface area contributed by atoms with Gasteiger partial charge < -0.3 is 50.2 Å². The van der Waals surface area contributed by atoms with Crippen LogP contribution in [-0.2, 0) is 23.7 Å². The number of hydrogen-bond donors (Lipinski definition) is 6. The van der Waals surface area contributed by atoms with Gasteiger partial charge in [-0.1, -0.05) is 0 Å². The van der Waals surface area contributed by atoms with E-state index in [-0.39, 0.29) is 6.42 Å². The predicted octanol–water partition coefficient (Wildman–Crippen LogP) is -3.58. The van der Waals surface area contributed by atoms with E-state index in [9.17, 15) is 30.3 Å². The van der Waals surface area contributed by atoms with Crippen LogP contribution in [0, 0.1) is 5.92 Å². The van der Waals surface area contributed by atoms with E-state index in [2.05, 4.69) is 0 Å². The van der Waals surface area contributed by atoms with Crippen LogP contribution in [0.5, 0.6) is 0 Å². The summed E-state index contributed by atoms with van der Waals surface area (Å²) in [6.45, 7) is 0.929. The molecule has 0 unspecified atom stereocenters. The van der Waals surface area contributed by atoms with Crippen molar-refractivity contribution in [3.63, 3.8) is 0 Å². The second-order valence-electron chi connectivity index (χ2n) is 6.57. The topological polar surface area (TPSA) is 181 Å². The maximum absolute atomic E-state index is 11.3. The van der Waals surface area contributed by atoms with Gasteiger partial charge in [-0.25, -0.2) is 0 Å². The lowest BCUT2D eigenvalue weighted by atomic mass is 9.88. The molecule has 10 atom stereocenters. The highest BCUT2D eigenvalue weighted by molar-refractivity contribution is 5.74. The average molecular weight is 381 g/mol. The zero-order chi connectivity index (χ0) is 19.6. The molecule has 0 aromatic heterocycles. The molecule has 11 heteroatoms. The molecule has 0 saturated carbocycles. The summed E-state index contributed by atoms with van der Waals surface area (Å²) in [6, 6.07) is 0. The van der Waals surface area contributed by atoms with Gasteiger partial charge in [0.2, 0.25) is 5.91 Å². The van der Waals surface area contributed by atoms with Gasteiger partial charge in [0.25, 0.3) is 0 Å². The Hall–Kier alpha value is -0.890. The molecular weight excluding hydrogens is 354 g/mol. The smallest absolute Gasteiger partial charge is 0.217 e. The standard InChI is InChI=1S/C15H27NO10/c1-5-9(19)11(21)12(22)15(24-5)26-13-7(4-17)25-14(23-2)6(10(13)20)3-8(16)18/h5-7,9-15,17,19-22H,3-4H2,1-2H3,(H2,16,18)/t5-,6+,7-,9+,10-,11+,12-,13-,14+,15+/m1/s1. The summed E-state index contributed by atoms with van der Waals surface area (Å²) < 4.78 is 21.5. The van der Waals surface area contributed by atoms with Crippen molar-refractivity contribution < 1.29 is 49.3 Å². The minimum Gasteiger partial charge on any atom is -0.394 e. The van der Waals surface area contributed by atoms with Crippen LogP contribution in [0.25, 0.3) is 0 Å². The third-order valence-corrected chi connectivity index (χ3v) is 4.75. The second-order valence-corrected chi connectivity index (χ2v) is 6.57. The Bertz CT molecular complexity index is 479. The van der Waals surface area contributed by atoms with Gasteiger partial charge in [-0.3, -0.25) is 4.79 Å². The third-order valence-electron chi connectivity index (χ3n) is 4.75. The highest BCUT2D eigenvalue weighted by Crippen LogP contribution is 2.33. The lowest BCUT2D eigenvalue weighted by molar-refractivity contribution is -0.348. The van der Waals surface area contributed by atoms with E-state index >= 15 is 0 Å². The maximum atomic E-state index is 11.3. The van der Waals surface area contributed by atoms with E-state index < -0.39 is 73.7 Å². The zero-order valence-corrected chi connectivity index (χ0v) is 14.5. The molecule has 152 valence electrons. The third kappa shape index (κ3) is 4.32. The van der Waals surface area contributed by atoms with Crippen LogP contribution in [0.3, 0.4) is 0 Å². The van der Waals surface area contributed by atoms with Gasteiger partial charge in [-0.05, 0) is 6.92 Å². The van der Waals surface area contributed by atoms with Gasteiger partial charge >= 0.3 is 0 Å². The number of methoxy groups -OCH3 is 1. The predicted molar refractivity (Wildman–Crippen MR) is 83.3 cm³/mol. The summed E-state index contributed by atoms with van der Waals surface area (Å²) in [4.78, 5) is 11.3. The molecule has 2 rings (SSSR count). The normalized spacial score (nSPS) is 46.9. The van der Waals surface area contributed by atoms with Gasteiger partial charge in [0.05, 0.1) is 18.8 Å². The number of carbonyl (C=O) groups excluding carboxylic acids is 1. The van der Waals surface area contributed by atoms with Crippen molar-refractivity contribution in [2.45, 2.75) is 68.7 Å². The highest BCUT2D eigenvalue weighted by Gasteiger charge is 2.50. The summed E-state index contributed by atoms with van der Waals surface area (Å²) in [5.74, 6) is -1.57. The molecule has 2 fully saturated rings. The van der Waals surface area contributed by atoms with E-state index in [0.29, 0.717) is 0 Å². The number of ether oxygens (including phenoxy) is 4. The molecule has 26 heavy (non-hydrogen) atoms. The first-order valence-corrected chi connectivity index (χ1v) is 8.31. The minimum absolute atomic E-state index is 0.260. The number of amides is 1. The lowest BCUT2D eigenvalue weighted by Crippen LogP contribution is -2.62. The summed E-state index contributed by atoms with van der Waals surface area (Å²) in [5, 5.41) is 49.8. The number of carbonyl (C=O) groups is 1. The number of aliphatic hydroxyl groups excluding tert-OH is 5. The van der Waals surface area contributed by atoms with Crippen molar-refractivity contribution in [2.24, 2.45) is 11.7 Å². The molecular formula is C15H27NO10. The number of aliphatic hydroxyl groups is 5. The minimum atomic E-state index is -1.59. The maximum Gasteiger partial charge on any atom is 0.217 e. The van der Waals surface area contributed by atoms with Crippen molar-refractivity contribution >= 4 is 5.91 Å². The van der Waals surface area contributed by atoms with Gasteiger partial charge in [-0.15, -0.1) is 0 Å².